The average Bonchev–Trinajstić information content (AvgIpc) is 3.44. The summed E-state index contributed by atoms with van der Waals surface area (Å²) < 4.78 is 27.8. The van der Waals surface area contributed by atoms with Gasteiger partial charge in [-0.25, -0.2) is 13.4 Å². The van der Waals surface area contributed by atoms with Gasteiger partial charge in [-0.2, -0.15) is 11.3 Å². The number of aromatic nitrogens is 1. The Hall–Kier alpha value is -2.53. The molecule has 0 aliphatic carbocycles. The number of nitrogens with zero attached hydrogens (tertiary/aromatic N) is 1. The summed E-state index contributed by atoms with van der Waals surface area (Å²) in [7, 11) is -3.72. The molecule has 1 amide bonds. The van der Waals surface area contributed by atoms with Crippen molar-refractivity contribution in [3.8, 4) is 10.6 Å². The number of hydrogen-bond donors (Lipinski definition) is 2. The maximum atomic E-state index is 12.9. The molecule has 4 aromatic rings. The summed E-state index contributed by atoms with van der Waals surface area (Å²) in [6.07, 6.45) is 0. The predicted octanol–water partition coefficient (Wildman–Crippen LogP) is 5.29. The van der Waals surface area contributed by atoms with Crippen LogP contribution in [-0.4, -0.2) is 19.3 Å². The number of aryl methyl sites for hydroxylation is 1. The molecule has 0 bridgehead atoms. The standard InChI is InChI=1S/C19H15N3O3S4/c1-12-17(28-19(20-12)13-8-10-26-11-13)18(23)21-14-5-2-3-6-15(14)22-29(24,25)16-7-4-9-27-16/h2-11,22H,1H3,(H,21,23). The van der Waals surface area contributed by atoms with Crippen LogP contribution < -0.4 is 10.0 Å². The number of nitrogens with one attached hydrogen (secondary N) is 2. The summed E-state index contributed by atoms with van der Waals surface area (Å²) in [5, 5.41) is 9.22. The number of benzene rings is 1. The second kappa shape index (κ2) is 8.07. The van der Waals surface area contributed by atoms with Crippen LogP contribution in [0.2, 0.25) is 0 Å². The van der Waals surface area contributed by atoms with Crippen molar-refractivity contribution in [2.24, 2.45) is 0 Å². The van der Waals surface area contributed by atoms with Gasteiger partial charge in [0.15, 0.2) is 0 Å². The molecule has 3 heterocycles. The Morgan fingerprint density at radius 1 is 1.03 bits per heavy atom. The van der Waals surface area contributed by atoms with Gasteiger partial charge >= 0.3 is 0 Å². The van der Waals surface area contributed by atoms with E-state index in [9.17, 15) is 13.2 Å². The highest BCUT2D eigenvalue weighted by atomic mass is 32.2. The zero-order valence-electron chi connectivity index (χ0n) is 15.1. The minimum atomic E-state index is -3.72. The van der Waals surface area contributed by atoms with Crippen LogP contribution in [0.3, 0.4) is 0 Å². The van der Waals surface area contributed by atoms with E-state index in [1.165, 1.54) is 17.4 Å². The molecule has 6 nitrogen and oxygen atoms in total. The van der Waals surface area contributed by atoms with Crippen molar-refractivity contribution in [1.82, 2.24) is 4.98 Å². The maximum absolute atomic E-state index is 12.9. The van der Waals surface area contributed by atoms with Crippen LogP contribution in [-0.2, 0) is 10.0 Å². The fraction of sp³-hybridized carbons (Fsp3) is 0.0526. The first-order valence-electron chi connectivity index (χ1n) is 8.41. The van der Waals surface area contributed by atoms with E-state index in [0.717, 1.165) is 21.9 Å². The first kappa shape index (κ1) is 19.8. The molecule has 10 heteroatoms. The maximum Gasteiger partial charge on any atom is 0.271 e. The van der Waals surface area contributed by atoms with Crippen molar-refractivity contribution in [3.05, 3.63) is 69.2 Å². The van der Waals surface area contributed by atoms with Crippen LogP contribution in [0.5, 0.6) is 0 Å². The first-order chi connectivity index (χ1) is 13.9. The van der Waals surface area contributed by atoms with E-state index in [2.05, 4.69) is 15.0 Å². The summed E-state index contributed by atoms with van der Waals surface area (Å²) in [6.45, 7) is 1.78. The number of carbonyl (C=O) groups excluding carboxylic acids is 1. The summed E-state index contributed by atoms with van der Waals surface area (Å²) in [6, 6.07) is 11.9. The van der Waals surface area contributed by atoms with Gasteiger partial charge in [0.05, 0.1) is 17.1 Å². The summed E-state index contributed by atoms with van der Waals surface area (Å²) in [5.41, 5.74) is 2.29. The second-order valence-electron chi connectivity index (χ2n) is 5.98. The molecule has 0 spiro atoms. The quantitative estimate of drug-likeness (QED) is 0.408. The lowest BCUT2D eigenvalue weighted by atomic mass is 10.2. The molecule has 0 fully saturated rings. The Labute approximate surface area is 179 Å². The molecule has 0 saturated heterocycles. The highest BCUT2D eigenvalue weighted by Gasteiger charge is 2.20. The lowest BCUT2D eigenvalue weighted by Gasteiger charge is -2.12. The van der Waals surface area contributed by atoms with Crippen molar-refractivity contribution in [2.45, 2.75) is 11.1 Å². The fourth-order valence-corrected chi connectivity index (χ4v) is 6.33. The van der Waals surface area contributed by atoms with Gasteiger partial charge in [0, 0.05) is 10.9 Å². The van der Waals surface area contributed by atoms with Crippen LogP contribution in [0.4, 0.5) is 11.4 Å². The Kier molecular flexibility index (Phi) is 5.50. The molecule has 0 unspecified atom stereocenters. The lowest BCUT2D eigenvalue weighted by molar-refractivity contribution is 0.103. The van der Waals surface area contributed by atoms with E-state index < -0.39 is 10.0 Å². The van der Waals surface area contributed by atoms with Gasteiger partial charge in [-0.1, -0.05) is 18.2 Å². The van der Waals surface area contributed by atoms with Gasteiger partial charge in [0.1, 0.15) is 14.1 Å². The van der Waals surface area contributed by atoms with Gasteiger partial charge in [-0.15, -0.1) is 22.7 Å². The van der Waals surface area contributed by atoms with E-state index in [4.69, 9.17) is 0 Å². The van der Waals surface area contributed by atoms with Gasteiger partial charge < -0.3 is 5.32 Å². The molecule has 148 valence electrons. The molecular weight excluding hydrogens is 446 g/mol. The molecular formula is C19H15N3O3S4. The van der Waals surface area contributed by atoms with Gasteiger partial charge in [0.25, 0.3) is 15.9 Å². The van der Waals surface area contributed by atoms with E-state index in [-0.39, 0.29) is 10.1 Å². The zero-order valence-corrected chi connectivity index (χ0v) is 18.3. The van der Waals surface area contributed by atoms with Gasteiger partial charge in [-0.3, -0.25) is 9.52 Å². The number of anilines is 2. The predicted molar refractivity (Wildman–Crippen MR) is 120 cm³/mol. The number of thiophene rings is 2. The molecule has 0 aliphatic heterocycles. The second-order valence-corrected chi connectivity index (χ2v) is 10.6. The van der Waals surface area contributed by atoms with E-state index in [0.29, 0.717) is 21.9 Å². The lowest BCUT2D eigenvalue weighted by Crippen LogP contribution is -2.16. The van der Waals surface area contributed by atoms with Crippen LogP contribution in [0, 0.1) is 6.92 Å². The number of carbonyl (C=O) groups is 1. The van der Waals surface area contributed by atoms with Crippen LogP contribution >= 0.6 is 34.0 Å². The van der Waals surface area contributed by atoms with Crippen LogP contribution in [0.15, 0.2) is 62.8 Å². The summed E-state index contributed by atoms with van der Waals surface area (Å²) in [5.74, 6) is -0.329. The topological polar surface area (TPSA) is 88.2 Å². The zero-order chi connectivity index (χ0) is 20.4. The number of hydrogen-bond acceptors (Lipinski definition) is 7. The third kappa shape index (κ3) is 4.25. The average molecular weight is 462 g/mol. The van der Waals surface area contributed by atoms with Crippen LogP contribution in [0.1, 0.15) is 15.4 Å². The van der Waals surface area contributed by atoms with E-state index in [1.807, 2.05) is 16.8 Å². The molecule has 1 aromatic carbocycles. The molecule has 0 aliphatic rings. The molecule has 4 rings (SSSR count). The number of sulfonamides is 1. The molecule has 0 atom stereocenters. The molecule has 29 heavy (non-hydrogen) atoms. The Morgan fingerprint density at radius 2 is 1.83 bits per heavy atom. The minimum Gasteiger partial charge on any atom is -0.319 e. The Bertz CT molecular complexity index is 1240. The Morgan fingerprint density at radius 3 is 2.52 bits per heavy atom. The monoisotopic (exact) mass is 461 g/mol. The highest BCUT2D eigenvalue weighted by molar-refractivity contribution is 7.94. The smallest absolute Gasteiger partial charge is 0.271 e. The minimum absolute atomic E-state index is 0.206. The molecule has 2 N–H and O–H groups in total. The number of para-hydroxylation sites is 2. The Balaban J connectivity index is 1.59. The third-order valence-corrected chi connectivity index (χ3v) is 8.60. The SMILES string of the molecule is Cc1nc(-c2ccsc2)sc1C(=O)Nc1ccccc1NS(=O)(=O)c1cccs1. The first-order valence-corrected chi connectivity index (χ1v) is 12.5. The van der Waals surface area contributed by atoms with Crippen molar-refractivity contribution < 1.29 is 13.2 Å². The van der Waals surface area contributed by atoms with Crippen molar-refractivity contribution in [2.75, 3.05) is 10.0 Å². The van der Waals surface area contributed by atoms with E-state index in [1.54, 1.807) is 54.0 Å². The van der Waals surface area contributed by atoms with Crippen molar-refractivity contribution >= 4 is 61.3 Å². The number of rotatable bonds is 6. The largest absolute Gasteiger partial charge is 0.319 e. The summed E-state index contributed by atoms with van der Waals surface area (Å²) >= 11 is 4.00. The van der Waals surface area contributed by atoms with Crippen molar-refractivity contribution in [1.29, 1.82) is 0 Å². The number of amides is 1. The van der Waals surface area contributed by atoms with Gasteiger partial charge in [-0.05, 0) is 41.9 Å². The summed E-state index contributed by atoms with van der Waals surface area (Å²) in [4.78, 5) is 17.8. The molecule has 0 saturated carbocycles. The normalized spacial score (nSPS) is 11.3. The highest BCUT2D eigenvalue weighted by Crippen LogP contribution is 2.31. The molecule has 3 aromatic heterocycles. The number of thiazole rings is 1. The third-order valence-electron chi connectivity index (χ3n) is 3.95. The van der Waals surface area contributed by atoms with Crippen LogP contribution in [0.25, 0.3) is 10.6 Å². The van der Waals surface area contributed by atoms with E-state index >= 15 is 0 Å². The fourth-order valence-electron chi connectivity index (χ4n) is 2.59. The molecule has 0 radical (unpaired) electrons. The van der Waals surface area contributed by atoms with Crippen molar-refractivity contribution in [3.63, 3.8) is 0 Å². The van der Waals surface area contributed by atoms with Gasteiger partial charge in [0.2, 0.25) is 0 Å².